The van der Waals surface area contributed by atoms with Crippen LogP contribution in [0.4, 0.5) is 5.69 Å². The number of hydrogen-bond acceptors (Lipinski definition) is 5. The lowest BCUT2D eigenvalue weighted by molar-refractivity contribution is -0.385. The molecule has 6 nitrogen and oxygen atoms in total. The summed E-state index contributed by atoms with van der Waals surface area (Å²) >= 11 is 0. The van der Waals surface area contributed by atoms with Gasteiger partial charge >= 0.3 is 5.69 Å². The number of nitro groups is 1. The lowest BCUT2D eigenvalue weighted by Gasteiger charge is -2.08. The molecule has 2 rings (SSSR count). The molecule has 0 spiro atoms. The van der Waals surface area contributed by atoms with Crippen molar-refractivity contribution in [2.75, 3.05) is 13.2 Å². The van der Waals surface area contributed by atoms with E-state index < -0.39 is 4.92 Å². The van der Waals surface area contributed by atoms with E-state index in [4.69, 9.17) is 14.7 Å². The van der Waals surface area contributed by atoms with Gasteiger partial charge in [0.15, 0.2) is 5.75 Å². The van der Waals surface area contributed by atoms with Gasteiger partial charge in [-0.05, 0) is 24.3 Å². The molecule has 0 fully saturated rings. The molecule has 6 heteroatoms. The molecule has 0 amide bonds. The van der Waals surface area contributed by atoms with Gasteiger partial charge in [0, 0.05) is 6.07 Å². The SMILES string of the molecule is N#Cc1cccc(OCCOc2ccccc2[N+](=O)[O-])c1. The Hall–Kier alpha value is -3.07. The van der Waals surface area contributed by atoms with Gasteiger partial charge in [0.2, 0.25) is 0 Å². The maximum Gasteiger partial charge on any atom is 0.310 e. The molecule has 0 N–H and O–H groups in total. The highest BCUT2D eigenvalue weighted by Gasteiger charge is 2.13. The van der Waals surface area contributed by atoms with Crippen LogP contribution < -0.4 is 9.47 Å². The standard InChI is InChI=1S/C15H12N2O4/c16-11-12-4-3-5-13(10-12)20-8-9-21-15-7-2-1-6-14(15)17(18)19/h1-7,10H,8-9H2. The lowest BCUT2D eigenvalue weighted by Crippen LogP contribution is -2.09. The second-order valence-corrected chi connectivity index (χ2v) is 4.06. The molecule has 2 aromatic rings. The van der Waals surface area contributed by atoms with Gasteiger partial charge in [-0.15, -0.1) is 0 Å². The van der Waals surface area contributed by atoms with Gasteiger partial charge in [-0.25, -0.2) is 0 Å². The number of rotatable bonds is 6. The van der Waals surface area contributed by atoms with Gasteiger partial charge < -0.3 is 9.47 Å². The predicted molar refractivity (Wildman–Crippen MR) is 75.2 cm³/mol. The Morgan fingerprint density at radius 1 is 1.10 bits per heavy atom. The van der Waals surface area contributed by atoms with Crippen molar-refractivity contribution in [1.29, 1.82) is 5.26 Å². The summed E-state index contributed by atoms with van der Waals surface area (Å²) in [5.41, 5.74) is 0.427. The van der Waals surface area contributed by atoms with Crippen molar-refractivity contribution in [2.24, 2.45) is 0 Å². The summed E-state index contributed by atoms with van der Waals surface area (Å²) in [7, 11) is 0. The fourth-order valence-electron chi connectivity index (χ4n) is 1.70. The molecule has 0 saturated carbocycles. The third-order valence-electron chi connectivity index (χ3n) is 2.63. The van der Waals surface area contributed by atoms with Gasteiger partial charge in [-0.1, -0.05) is 18.2 Å². The summed E-state index contributed by atoms with van der Waals surface area (Å²) < 4.78 is 10.8. The van der Waals surface area contributed by atoms with Crippen LogP contribution in [0.2, 0.25) is 0 Å². The molecule has 21 heavy (non-hydrogen) atoms. The minimum absolute atomic E-state index is 0.0797. The van der Waals surface area contributed by atoms with Crippen molar-refractivity contribution < 1.29 is 14.4 Å². The van der Waals surface area contributed by atoms with Crippen LogP contribution >= 0.6 is 0 Å². The van der Waals surface area contributed by atoms with Crippen molar-refractivity contribution in [1.82, 2.24) is 0 Å². The molecule has 106 valence electrons. The average Bonchev–Trinajstić information content (AvgIpc) is 2.52. The van der Waals surface area contributed by atoms with E-state index in [1.54, 1.807) is 36.4 Å². The average molecular weight is 284 g/mol. The Balaban J connectivity index is 1.88. The maximum atomic E-state index is 10.8. The van der Waals surface area contributed by atoms with E-state index in [2.05, 4.69) is 0 Å². The quantitative estimate of drug-likeness (QED) is 0.462. The predicted octanol–water partition coefficient (Wildman–Crippen LogP) is 2.92. The number of ether oxygens (including phenoxy) is 2. The van der Waals surface area contributed by atoms with E-state index in [9.17, 15) is 10.1 Å². The molecule has 0 aliphatic rings. The second kappa shape index (κ2) is 6.91. The topological polar surface area (TPSA) is 85.4 Å². The van der Waals surface area contributed by atoms with E-state index in [1.807, 2.05) is 6.07 Å². The molecule has 0 aliphatic heterocycles. The summed E-state index contributed by atoms with van der Waals surface area (Å²) in [6.07, 6.45) is 0. The summed E-state index contributed by atoms with van der Waals surface area (Å²) in [5, 5.41) is 19.6. The summed E-state index contributed by atoms with van der Waals surface area (Å²) in [4.78, 5) is 10.3. The molecule has 0 heterocycles. The van der Waals surface area contributed by atoms with E-state index >= 15 is 0 Å². The van der Waals surface area contributed by atoms with Crippen molar-refractivity contribution in [2.45, 2.75) is 0 Å². The summed E-state index contributed by atoms with van der Waals surface area (Å²) in [6.45, 7) is 0.391. The first-order valence-electron chi connectivity index (χ1n) is 6.20. The molecule has 0 aromatic heterocycles. The Morgan fingerprint density at radius 2 is 1.86 bits per heavy atom. The second-order valence-electron chi connectivity index (χ2n) is 4.06. The first kappa shape index (κ1) is 14.3. The number of para-hydroxylation sites is 2. The van der Waals surface area contributed by atoms with Crippen LogP contribution in [0.25, 0.3) is 0 Å². The lowest BCUT2D eigenvalue weighted by atomic mass is 10.2. The van der Waals surface area contributed by atoms with Crippen LogP contribution in [-0.2, 0) is 0 Å². The fraction of sp³-hybridized carbons (Fsp3) is 0.133. The fourth-order valence-corrected chi connectivity index (χ4v) is 1.70. The smallest absolute Gasteiger partial charge is 0.310 e. The number of nitro benzene ring substituents is 1. The number of nitriles is 1. The number of nitrogens with zero attached hydrogens (tertiary/aromatic N) is 2. The van der Waals surface area contributed by atoms with E-state index in [-0.39, 0.29) is 24.7 Å². The molecule has 0 saturated heterocycles. The van der Waals surface area contributed by atoms with Crippen LogP contribution in [-0.4, -0.2) is 18.1 Å². The normalized spacial score (nSPS) is 9.67. The molecule has 2 aromatic carbocycles. The highest BCUT2D eigenvalue weighted by molar-refractivity contribution is 5.45. The van der Waals surface area contributed by atoms with Gasteiger partial charge in [-0.3, -0.25) is 10.1 Å². The van der Waals surface area contributed by atoms with E-state index in [0.717, 1.165) is 0 Å². The van der Waals surface area contributed by atoms with Crippen molar-refractivity contribution in [3.63, 3.8) is 0 Å². The third-order valence-corrected chi connectivity index (χ3v) is 2.63. The molecule has 0 atom stereocenters. The highest BCUT2D eigenvalue weighted by atomic mass is 16.6. The van der Waals surface area contributed by atoms with Crippen LogP contribution in [0.5, 0.6) is 11.5 Å². The minimum atomic E-state index is -0.493. The zero-order valence-electron chi connectivity index (χ0n) is 11.1. The van der Waals surface area contributed by atoms with Crippen molar-refractivity contribution in [3.05, 3.63) is 64.2 Å². The zero-order valence-corrected chi connectivity index (χ0v) is 11.1. The molecule has 0 aliphatic carbocycles. The van der Waals surface area contributed by atoms with Gasteiger partial charge in [-0.2, -0.15) is 5.26 Å². The first-order chi connectivity index (χ1) is 10.2. The molecule has 0 bridgehead atoms. The zero-order chi connectivity index (χ0) is 15.1. The van der Waals surface area contributed by atoms with Gasteiger partial charge in [0.25, 0.3) is 0 Å². The van der Waals surface area contributed by atoms with Gasteiger partial charge in [0.1, 0.15) is 19.0 Å². The first-order valence-corrected chi connectivity index (χ1v) is 6.20. The third kappa shape index (κ3) is 3.94. The van der Waals surface area contributed by atoms with Crippen molar-refractivity contribution >= 4 is 5.69 Å². The van der Waals surface area contributed by atoms with E-state index in [0.29, 0.717) is 11.3 Å². The molecular formula is C15H12N2O4. The highest BCUT2D eigenvalue weighted by Crippen LogP contribution is 2.25. The largest absolute Gasteiger partial charge is 0.490 e. The van der Waals surface area contributed by atoms with Crippen LogP contribution in [0, 0.1) is 21.4 Å². The Bertz CT molecular complexity index is 679. The van der Waals surface area contributed by atoms with Crippen LogP contribution in [0.15, 0.2) is 48.5 Å². The summed E-state index contributed by atoms with van der Waals surface area (Å²) in [6, 6.07) is 14.9. The Labute approximate surface area is 121 Å². The number of hydrogen-bond donors (Lipinski definition) is 0. The van der Waals surface area contributed by atoms with Crippen LogP contribution in [0.3, 0.4) is 0 Å². The monoisotopic (exact) mass is 284 g/mol. The van der Waals surface area contributed by atoms with Crippen LogP contribution in [0.1, 0.15) is 5.56 Å². The van der Waals surface area contributed by atoms with Crippen molar-refractivity contribution in [3.8, 4) is 17.6 Å². The Kier molecular flexibility index (Phi) is 4.72. The Morgan fingerprint density at radius 3 is 2.62 bits per heavy atom. The minimum Gasteiger partial charge on any atom is -0.490 e. The molecule has 0 unspecified atom stereocenters. The summed E-state index contributed by atoms with van der Waals surface area (Å²) in [5.74, 6) is 0.761. The van der Waals surface area contributed by atoms with E-state index in [1.165, 1.54) is 12.1 Å². The molecular weight excluding hydrogens is 272 g/mol. The molecule has 0 radical (unpaired) electrons. The maximum absolute atomic E-state index is 10.8. The number of benzene rings is 2. The van der Waals surface area contributed by atoms with Gasteiger partial charge in [0.05, 0.1) is 16.6 Å².